The molecule has 0 radical (unpaired) electrons. The third-order valence-corrected chi connectivity index (χ3v) is 6.76. The molecule has 1 aliphatic heterocycles. The maximum Gasteiger partial charge on any atom is 0.266 e. The summed E-state index contributed by atoms with van der Waals surface area (Å²) in [7, 11) is -4.21. The summed E-state index contributed by atoms with van der Waals surface area (Å²) in [5, 5.41) is -0.0960. The first-order valence-electron chi connectivity index (χ1n) is 9.07. The number of rotatable bonds is 4. The van der Waals surface area contributed by atoms with Crippen LogP contribution in [0.25, 0.3) is 0 Å². The van der Waals surface area contributed by atoms with Gasteiger partial charge in [0.15, 0.2) is 0 Å². The Bertz CT molecular complexity index is 1280. The molecular weight excluding hydrogens is 424 g/mol. The number of hydrogen-bond donors (Lipinski definition) is 1. The predicted octanol–water partition coefficient (Wildman–Crippen LogP) is 4.56. The van der Waals surface area contributed by atoms with Gasteiger partial charge in [-0.2, -0.15) is 0 Å². The van der Waals surface area contributed by atoms with E-state index in [0.29, 0.717) is 5.69 Å². The average Bonchev–Trinajstić information content (AvgIpc) is 2.94. The zero-order valence-corrected chi connectivity index (χ0v) is 17.7. The number of fused-ring (bicyclic) bond motifs is 1. The molecule has 3 aromatic rings. The number of sulfonamides is 1. The zero-order valence-electron chi connectivity index (χ0n) is 16.1. The fraction of sp³-hybridized carbons (Fsp3) is 0.0909. The lowest BCUT2D eigenvalue weighted by Crippen LogP contribution is -2.31. The Labute approximate surface area is 179 Å². The van der Waals surface area contributed by atoms with Crippen LogP contribution in [0.3, 0.4) is 0 Å². The van der Waals surface area contributed by atoms with E-state index in [1.54, 1.807) is 31.2 Å². The van der Waals surface area contributed by atoms with Crippen LogP contribution < -0.4 is 9.62 Å². The second kappa shape index (κ2) is 7.27. The first-order valence-corrected chi connectivity index (χ1v) is 10.9. The van der Waals surface area contributed by atoms with Crippen LogP contribution in [0, 0.1) is 13.8 Å². The summed E-state index contributed by atoms with van der Waals surface area (Å²) < 4.78 is 29.1. The lowest BCUT2D eigenvalue weighted by Gasteiger charge is -2.20. The number of hydrogen-bond acceptors (Lipinski definition) is 4. The van der Waals surface area contributed by atoms with Crippen LogP contribution in [0.1, 0.15) is 31.8 Å². The molecular formula is C22H17ClN2O4S. The topological polar surface area (TPSA) is 83.6 Å². The number of aryl methyl sites for hydroxylation is 2. The number of anilines is 2. The third kappa shape index (κ3) is 3.26. The van der Waals surface area contributed by atoms with Crippen LogP contribution in [0.5, 0.6) is 0 Å². The van der Waals surface area contributed by atoms with Crippen LogP contribution in [0.4, 0.5) is 11.4 Å². The minimum atomic E-state index is -4.21. The summed E-state index contributed by atoms with van der Waals surface area (Å²) in [5.74, 6) is -1.19. The monoisotopic (exact) mass is 440 g/mol. The molecule has 6 nitrogen and oxygen atoms in total. The molecule has 0 aliphatic carbocycles. The van der Waals surface area contributed by atoms with Gasteiger partial charge in [-0.3, -0.25) is 14.3 Å². The summed E-state index contributed by atoms with van der Waals surface area (Å²) in [4.78, 5) is 26.3. The SMILES string of the molecule is Cc1ccc(NS(=O)(=O)c2c(Cl)cccc2N2C(=O)c3ccccc3C2=O)c(C)c1. The number of nitrogens with zero attached hydrogens (tertiary/aromatic N) is 1. The van der Waals surface area contributed by atoms with Gasteiger partial charge in [-0.15, -0.1) is 0 Å². The van der Waals surface area contributed by atoms with Crippen molar-refractivity contribution < 1.29 is 18.0 Å². The van der Waals surface area contributed by atoms with E-state index >= 15 is 0 Å². The van der Waals surface area contributed by atoms with E-state index in [0.717, 1.165) is 16.0 Å². The molecule has 0 spiro atoms. The molecule has 1 aliphatic rings. The molecule has 0 saturated carbocycles. The van der Waals surface area contributed by atoms with Gasteiger partial charge in [-0.25, -0.2) is 13.3 Å². The van der Waals surface area contributed by atoms with Gasteiger partial charge >= 0.3 is 0 Å². The number of carbonyl (C=O) groups excluding carboxylic acids is 2. The van der Waals surface area contributed by atoms with E-state index in [2.05, 4.69) is 4.72 Å². The van der Waals surface area contributed by atoms with E-state index in [-0.39, 0.29) is 26.7 Å². The van der Waals surface area contributed by atoms with E-state index in [1.165, 1.54) is 30.3 Å². The predicted molar refractivity (Wildman–Crippen MR) is 116 cm³/mol. The lowest BCUT2D eigenvalue weighted by molar-refractivity contribution is 0.0925. The molecule has 0 fully saturated rings. The molecule has 0 atom stereocenters. The molecule has 0 bridgehead atoms. The Hall–Kier alpha value is -3.16. The highest BCUT2D eigenvalue weighted by Crippen LogP contribution is 2.37. The van der Waals surface area contributed by atoms with E-state index in [4.69, 9.17) is 11.6 Å². The first-order chi connectivity index (χ1) is 14.2. The van der Waals surface area contributed by atoms with E-state index in [9.17, 15) is 18.0 Å². The van der Waals surface area contributed by atoms with Crippen molar-refractivity contribution in [3.63, 3.8) is 0 Å². The Kier molecular flexibility index (Phi) is 4.88. The van der Waals surface area contributed by atoms with Gasteiger partial charge in [0, 0.05) is 0 Å². The minimum absolute atomic E-state index is 0.0917. The highest BCUT2D eigenvalue weighted by Gasteiger charge is 2.39. The normalized spacial score (nSPS) is 13.5. The lowest BCUT2D eigenvalue weighted by atomic mass is 10.1. The van der Waals surface area contributed by atoms with Crippen molar-refractivity contribution in [2.45, 2.75) is 18.7 Å². The van der Waals surface area contributed by atoms with Gasteiger partial charge < -0.3 is 0 Å². The van der Waals surface area contributed by atoms with Gasteiger partial charge in [-0.1, -0.05) is 47.5 Å². The van der Waals surface area contributed by atoms with Crippen molar-refractivity contribution >= 4 is 44.8 Å². The molecule has 0 aromatic heterocycles. The van der Waals surface area contributed by atoms with Crippen LogP contribution in [-0.4, -0.2) is 20.2 Å². The fourth-order valence-electron chi connectivity index (χ4n) is 3.47. The maximum atomic E-state index is 13.3. The average molecular weight is 441 g/mol. The molecule has 3 aromatic carbocycles. The largest absolute Gasteiger partial charge is 0.279 e. The highest BCUT2D eigenvalue weighted by molar-refractivity contribution is 7.93. The van der Waals surface area contributed by atoms with Crippen LogP contribution in [-0.2, 0) is 10.0 Å². The van der Waals surface area contributed by atoms with Gasteiger partial charge in [0.1, 0.15) is 4.90 Å². The third-order valence-electron chi connectivity index (χ3n) is 4.88. The number of imide groups is 1. The number of carbonyl (C=O) groups is 2. The Morgan fingerprint density at radius 2 is 1.50 bits per heavy atom. The maximum absolute atomic E-state index is 13.3. The molecule has 1 heterocycles. The number of amides is 2. The Morgan fingerprint density at radius 3 is 2.10 bits per heavy atom. The molecule has 0 unspecified atom stereocenters. The van der Waals surface area contributed by atoms with Crippen molar-refractivity contribution in [2.24, 2.45) is 0 Å². The first kappa shape index (κ1) is 20.1. The van der Waals surface area contributed by atoms with E-state index in [1.807, 2.05) is 13.0 Å². The van der Waals surface area contributed by atoms with Crippen molar-refractivity contribution in [3.8, 4) is 0 Å². The molecule has 0 saturated heterocycles. The van der Waals surface area contributed by atoms with Crippen molar-refractivity contribution in [3.05, 3.63) is 87.9 Å². The van der Waals surface area contributed by atoms with Crippen molar-refractivity contribution in [1.29, 1.82) is 0 Å². The standard InChI is InChI=1S/C22H17ClN2O4S/c1-13-10-11-18(14(2)12-13)24-30(28,29)20-17(23)8-5-9-19(20)25-21(26)15-6-3-4-7-16(15)22(25)27/h3-12,24H,1-2H3. The van der Waals surface area contributed by atoms with Gasteiger partial charge in [0.05, 0.1) is 27.5 Å². The summed E-state index contributed by atoms with van der Waals surface area (Å²) in [5.41, 5.74) is 2.44. The molecule has 1 N–H and O–H groups in total. The van der Waals surface area contributed by atoms with Crippen molar-refractivity contribution in [1.82, 2.24) is 0 Å². The van der Waals surface area contributed by atoms with Gasteiger partial charge in [0.25, 0.3) is 21.8 Å². The Balaban J connectivity index is 1.83. The summed E-state index contributed by atoms with van der Waals surface area (Å²) in [6, 6.07) is 15.9. The summed E-state index contributed by atoms with van der Waals surface area (Å²) in [6.07, 6.45) is 0. The molecule has 8 heteroatoms. The quantitative estimate of drug-likeness (QED) is 0.603. The smallest absolute Gasteiger partial charge is 0.266 e. The minimum Gasteiger partial charge on any atom is -0.279 e. The number of benzene rings is 3. The highest BCUT2D eigenvalue weighted by atomic mass is 35.5. The zero-order chi connectivity index (χ0) is 21.6. The molecule has 30 heavy (non-hydrogen) atoms. The van der Waals surface area contributed by atoms with Crippen LogP contribution >= 0.6 is 11.6 Å². The van der Waals surface area contributed by atoms with Crippen molar-refractivity contribution in [2.75, 3.05) is 9.62 Å². The summed E-state index contributed by atoms with van der Waals surface area (Å²) >= 11 is 6.26. The number of halogens is 1. The molecule has 2 amide bonds. The number of nitrogens with one attached hydrogen (secondary N) is 1. The second-order valence-electron chi connectivity index (χ2n) is 7.00. The van der Waals surface area contributed by atoms with Gasteiger partial charge in [-0.05, 0) is 49.7 Å². The molecule has 4 rings (SSSR count). The van der Waals surface area contributed by atoms with E-state index < -0.39 is 21.8 Å². The summed E-state index contributed by atoms with van der Waals surface area (Å²) in [6.45, 7) is 3.68. The molecule has 152 valence electrons. The fourth-order valence-corrected chi connectivity index (χ4v) is 5.33. The van der Waals surface area contributed by atoms with Crippen LogP contribution in [0.2, 0.25) is 5.02 Å². The Morgan fingerprint density at radius 1 is 0.867 bits per heavy atom. The van der Waals surface area contributed by atoms with Gasteiger partial charge in [0.2, 0.25) is 0 Å². The van der Waals surface area contributed by atoms with Crippen LogP contribution in [0.15, 0.2) is 65.6 Å². The second-order valence-corrected chi connectivity index (χ2v) is 9.03.